The summed E-state index contributed by atoms with van der Waals surface area (Å²) in [6, 6.07) is 3.54. The smallest absolute Gasteiger partial charge is 0.323 e. The first kappa shape index (κ1) is 22.0. The number of carbonyl (C=O) groups is 1. The number of carbonyl (C=O) groups excluding carboxylic acids is 1. The second-order valence-corrected chi connectivity index (χ2v) is 11.1. The van der Waals surface area contributed by atoms with Crippen LogP contribution in [0.4, 0.5) is 0 Å². The topological polar surface area (TPSA) is 80.3 Å². The molecule has 0 aromatic heterocycles. The van der Waals surface area contributed by atoms with E-state index in [0.717, 1.165) is 37.8 Å². The first-order valence-corrected chi connectivity index (χ1v) is 11.8. The normalized spacial score (nSPS) is 36.2. The molecule has 6 atom stereocenters. The van der Waals surface area contributed by atoms with Crippen LogP contribution in [0.15, 0.2) is 12.1 Å². The highest BCUT2D eigenvalue weighted by Gasteiger charge is 2.73. The average molecular weight is 445 g/mol. The van der Waals surface area contributed by atoms with E-state index in [1.165, 1.54) is 5.56 Å². The molecule has 4 aliphatic rings. The van der Waals surface area contributed by atoms with Crippen LogP contribution >= 0.6 is 0 Å². The van der Waals surface area contributed by atoms with Crippen molar-refractivity contribution in [3.63, 3.8) is 0 Å². The summed E-state index contributed by atoms with van der Waals surface area (Å²) in [4.78, 5) is 15.1. The summed E-state index contributed by atoms with van der Waals surface area (Å²) in [7, 11) is 4.01. The lowest BCUT2D eigenvalue weighted by Gasteiger charge is -2.65. The molecular formula is C25H36N2O5. The van der Waals surface area contributed by atoms with Crippen molar-refractivity contribution in [3.8, 4) is 11.5 Å². The molecule has 1 spiro atoms. The molecule has 176 valence electrons. The second kappa shape index (κ2) is 7.08. The fraction of sp³-hybridized carbons (Fsp3) is 0.720. The first-order chi connectivity index (χ1) is 15.0. The standard InChI is InChI=1S/C25H36N2O5/c1-14(22(29)32-23(2,3)4)26-16-9-10-25(30-6)18-13-15-7-8-17(28)20-19(15)24(25,21(16)31-20)11-12-27(18)5/h7-8,14,16,18,21,26,28H,9-13H2,1-6H3/t14?,16-,18?,21-,24-,25+/m0/s1. The molecule has 2 heterocycles. The van der Waals surface area contributed by atoms with Crippen LogP contribution in [0.3, 0.4) is 0 Å². The third-order valence-electron chi connectivity index (χ3n) is 8.28. The number of phenolic OH excluding ortho intramolecular Hbond substituents is 1. The lowest BCUT2D eigenvalue weighted by molar-refractivity contribution is -0.204. The van der Waals surface area contributed by atoms with Gasteiger partial charge in [0.05, 0.1) is 11.0 Å². The fourth-order valence-electron chi connectivity index (χ4n) is 7.09. The number of hydrogen-bond acceptors (Lipinski definition) is 7. The van der Waals surface area contributed by atoms with Gasteiger partial charge in [-0.25, -0.2) is 0 Å². The molecule has 0 amide bonds. The van der Waals surface area contributed by atoms with Crippen LogP contribution in [0, 0.1) is 0 Å². The maximum atomic E-state index is 12.7. The lowest BCUT2D eigenvalue weighted by Crippen LogP contribution is -2.78. The second-order valence-electron chi connectivity index (χ2n) is 11.1. The molecule has 2 bridgehead atoms. The van der Waals surface area contributed by atoms with E-state index in [9.17, 15) is 9.90 Å². The zero-order chi connectivity index (χ0) is 23.1. The van der Waals surface area contributed by atoms with Gasteiger partial charge in [-0.1, -0.05) is 6.07 Å². The van der Waals surface area contributed by atoms with Gasteiger partial charge >= 0.3 is 5.97 Å². The van der Waals surface area contributed by atoms with Crippen LogP contribution in [-0.4, -0.2) is 72.1 Å². The van der Waals surface area contributed by atoms with Gasteiger partial charge in [0.2, 0.25) is 0 Å². The van der Waals surface area contributed by atoms with E-state index in [1.54, 1.807) is 6.07 Å². The molecule has 7 heteroatoms. The van der Waals surface area contributed by atoms with Crippen molar-refractivity contribution in [2.75, 3.05) is 20.7 Å². The van der Waals surface area contributed by atoms with Gasteiger partial charge in [0.25, 0.3) is 0 Å². The summed E-state index contributed by atoms with van der Waals surface area (Å²) in [6.45, 7) is 8.44. The maximum Gasteiger partial charge on any atom is 0.323 e. The largest absolute Gasteiger partial charge is 0.504 e. The molecule has 1 saturated carbocycles. The number of nitrogens with zero attached hydrogens (tertiary/aromatic N) is 1. The van der Waals surface area contributed by atoms with E-state index in [-0.39, 0.29) is 40.9 Å². The molecular weight excluding hydrogens is 408 g/mol. The quantitative estimate of drug-likeness (QED) is 0.691. The predicted octanol–water partition coefficient (Wildman–Crippen LogP) is 2.52. The van der Waals surface area contributed by atoms with Crippen molar-refractivity contribution < 1.29 is 24.1 Å². The highest BCUT2D eigenvalue weighted by Crippen LogP contribution is 2.66. The summed E-state index contributed by atoms with van der Waals surface area (Å²) >= 11 is 0. The molecule has 1 aromatic rings. The molecule has 2 fully saturated rings. The Labute approximate surface area is 190 Å². The van der Waals surface area contributed by atoms with Gasteiger partial charge in [-0.3, -0.25) is 10.1 Å². The zero-order valence-corrected chi connectivity index (χ0v) is 20.0. The Morgan fingerprint density at radius 2 is 2.09 bits per heavy atom. The van der Waals surface area contributed by atoms with Crippen LogP contribution < -0.4 is 10.1 Å². The number of phenols is 1. The zero-order valence-electron chi connectivity index (χ0n) is 20.0. The number of esters is 1. The van der Waals surface area contributed by atoms with Crippen LogP contribution in [0.5, 0.6) is 11.5 Å². The SMILES string of the molecule is CO[C@@]12CC[C@H](NC(C)C(=O)OC(C)(C)C)[C@@H]3Oc4c(O)ccc5c4[C@@]31CCN(C)C2C5. The van der Waals surface area contributed by atoms with Gasteiger partial charge in [0, 0.05) is 24.8 Å². The summed E-state index contributed by atoms with van der Waals surface area (Å²) < 4.78 is 18.7. The highest BCUT2D eigenvalue weighted by molar-refractivity contribution is 5.75. The molecule has 2 aliphatic carbocycles. The van der Waals surface area contributed by atoms with E-state index >= 15 is 0 Å². The molecule has 2 unspecified atom stereocenters. The molecule has 2 aliphatic heterocycles. The number of methoxy groups -OCH3 is 1. The highest BCUT2D eigenvalue weighted by atomic mass is 16.6. The number of piperidine rings is 1. The van der Waals surface area contributed by atoms with Crippen LogP contribution in [0.2, 0.25) is 0 Å². The minimum Gasteiger partial charge on any atom is -0.504 e. The van der Waals surface area contributed by atoms with Gasteiger partial charge in [-0.2, -0.15) is 0 Å². The van der Waals surface area contributed by atoms with Gasteiger partial charge in [-0.15, -0.1) is 0 Å². The Kier molecular flexibility index (Phi) is 4.87. The molecule has 1 aromatic carbocycles. The van der Waals surface area contributed by atoms with E-state index in [0.29, 0.717) is 5.75 Å². The number of rotatable bonds is 4. The summed E-state index contributed by atoms with van der Waals surface area (Å²) in [5.74, 6) is 0.534. The van der Waals surface area contributed by atoms with Crippen molar-refractivity contribution in [1.82, 2.24) is 10.2 Å². The molecule has 2 N–H and O–H groups in total. The van der Waals surface area contributed by atoms with Gasteiger partial charge in [0.15, 0.2) is 11.5 Å². The number of benzene rings is 1. The predicted molar refractivity (Wildman–Crippen MR) is 120 cm³/mol. The maximum absolute atomic E-state index is 12.7. The number of likely N-dealkylation sites (N-methyl/N-ethyl adjacent to an activating group) is 1. The molecule has 32 heavy (non-hydrogen) atoms. The van der Waals surface area contributed by atoms with Crippen molar-refractivity contribution >= 4 is 5.97 Å². The van der Waals surface area contributed by atoms with E-state index in [2.05, 4.69) is 17.3 Å². The first-order valence-electron chi connectivity index (χ1n) is 11.8. The van der Waals surface area contributed by atoms with Crippen molar-refractivity contribution in [2.24, 2.45) is 0 Å². The van der Waals surface area contributed by atoms with Crippen LogP contribution in [-0.2, 0) is 26.1 Å². The average Bonchev–Trinajstić information content (AvgIpc) is 3.08. The molecule has 5 rings (SSSR count). The van der Waals surface area contributed by atoms with Gasteiger partial charge in [-0.05, 0) is 78.6 Å². The van der Waals surface area contributed by atoms with E-state index < -0.39 is 11.6 Å². The minimum absolute atomic E-state index is 0.0531. The van der Waals surface area contributed by atoms with Crippen LogP contribution in [0.25, 0.3) is 0 Å². The van der Waals surface area contributed by atoms with Crippen molar-refractivity contribution in [2.45, 2.75) is 94.2 Å². The third kappa shape index (κ3) is 2.80. The minimum atomic E-state index is -0.533. The Bertz CT molecular complexity index is 943. The van der Waals surface area contributed by atoms with Crippen molar-refractivity contribution in [3.05, 3.63) is 23.3 Å². The fourth-order valence-corrected chi connectivity index (χ4v) is 7.09. The number of ether oxygens (including phenoxy) is 3. The summed E-state index contributed by atoms with van der Waals surface area (Å²) in [5, 5.41) is 14.3. The number of aromatic hydroxyl groups is 1. The lowest BCUT2D eigenvalue weighted by atomic mass is 9.48. The van der Waals surface area contributed by atoms with Gasteiger partial charge < -0.3 is 24.2 Å². The number of likely N-dealkylation sites (tertiary alicyclic amines) is 1. The monoisotopic (exact) mass is 444 g/mol. The summed E-state index contributed by atoms with van der Waals surface area (Å²) in [6.07, 6.45) is 3.24. The Morgan fingerprint density at radius 1 is 1.34 bits per heavy atom. The Hall–Kier alpha value is -1.83. The number of nitrogens with one attached hydrogen (secondary N) is 1. The molecule has 1 saturated heterocycles. The number of hydrogen-bond donors (Lipinski definition) is 2. The van der Waals surface area contributed by atoms with E-state index in [4.69, 9.17) is 14.2 Å². The van der Waals surface area contributed by atoms with Crippen LogP contribution in [0.1, 0.15) is 58.1 Å². The summed E-state index contributed by atoms with van der Waals surface area (Å²) in [5.41, 5.74) is 1.10. The Balaban J connectivity index is 1.56. The Morgan fingerprint density at radius 3 is 2.78 bits per heavy atom. The van der Waals surface area contributed by atoms with E-state index in [1.807, 2.05) is 40.9 Å². The molecule has 0 radical (unpaired) electrons. The van der Waals surface area contributed by atoms with Gasteiger partial charge in [0.1, 0.15) is 17.7 Å². The van der Waals surface area contributed by atoms with Crippen molar-refractivity contribution in [1.29, 1.82) is 0 Å². The molecule has 7 nitrogen and oxygen atoms in total. The third-order valence-corrected chi connectivity index (χ3v) is 8.28.